The van der Waals surface area contributed by atoms with E-state index in [-0.39, 0.29) is 11.3 Å². The van der Waals surface area contributed by atoms with Crippen molar-refractivity contribution in [1.82, 2.24) is 5.27 Å². The molecule has 1 aromatic heterocycles. The Morgan fingerprint density at radius 3 is 2.56 bits per heavy atom. The van der Waals surface area contributed by atoms with Crippen molar-refractivity contribution in [2.75, 3.05) is 0 Å². The largest absolute Gasteiger partial charge is 0.435 e. The lowest BCUT2D eigenvalue weighted by molar-refractivity contribution is -0.672. The molecule has 0 atom stereocenters. The van der Waals surface area contributed by atoms with Gasteiger partial charge in [0.2, 0.25) is 5.69 Å². The van der Waals surface area contributed by atoms with Crippen LogP contribution in [0.3, 0.4) is 0 Å². The molecule has 1 aromatic carbocycles. The lowest BCUT2D eigenvalue weighted by Crippen LogP contribution is -2.36. The number of rotatable bonds is 2. The standard InChI is InChI=1S/C12H6N4O2/c13-7-9(8-14)6-11-12(17)18-15-16(11)10-4-2-1-3-5-10/h1-6H/p+1. The van der Waals surface area contributed by atoms with Gasteiger partial charge in [0.1, 0.15) is 17.7 Å². The first kappa shape index (κ1) is 11.4. The smallest absolute Gasteiger partial charge is 0.282 e. The molecule has 0 aliphatic heterocycles. The summed E-state index contributed by atoms with van der Waals surface area (Å²) in [5.41, 5.74) is -0.0856. The Morgan fingerprint density at radius 1 is 1.28 bits per heavy atom. The number of hydrogen-bond donors (Lipinski definition) is 1. The predicted octanol–water partition coefficient (Wildman–Crippen LogP) is 0.675. The molecule has 0 radical (unpaired) electrons. The van der Waals surface area contributed by atoms with Gasteiger partial charge in [-0.25, -0.2) is 4.79 Å². The predicted molar refractivity (Wildman–Crippen MR) is 60.1 cm³/mol. The summed E-state index contributed by atoms with van der Waals surface area (Å²) in [4.78, 5) is 11.5. The van der Waals surface area contributed by atoms with Crippen molar-refractivity contribution in [2.24, 2.45) is 0 Å². The van der Waals surface area contributed by atoms with E-state index in [9.17, 15) is 4.79 Å². The minimum Gasteiger partial charge on any atom is -0.282 e. The minimum atomic E-state index is -0.651. The summed E-state index contributed by atoms with van der Waals surface area (Å²) in [6.45, 7) is 0. The quantitative estimate of drug-likeness (QED) is 0.615. The van der Waals surface area contributed by atoms with Crippen LogP contribution in [0.15, 0.2) is 45.2 Å². The van der Waals surface area contributed by atoms with Crippen molar-refractivity contribution in [3.8, 4) is 17.8 Å². The van der Waals surface area contributed by atoms with Gasteiger partial charge in [-0.05, 0) is 9.95 Å². The first-order valence-corrected chi connectivity index (χ1v) is 4.97. The van der Waals surface area contributed by atoms with Gasteiger partial charge in [0.25, 0.3) is 0 Å². The Morgan fingerprint density at radius 2 is 1.94 bits per heavy atom. The highest BCUT2D eigenvalue weighted by molar-refractivity contribution is 5.57. The summed E-state index contributed by atoms with van der Waals surface area (Å²) in [5, 5.41) is 19.8. The fourth-order valence-corrected chi connectivity index (χ4v) is 1.40. The number of para-hydroxylation sites is 1. The summed E-state index contributed by atoms with van der Waals surface area (Å²) in [7, 11) is 0. The zero-order valence-corrected chi connectivity index (χ0v) is 9.12. The van der Waals surface area contributed by atoms with E-state index in [4.69, 9.17) is 10.5 Å². The van der Waals surface area contributed by atoms with Crippen molar-refractivity contribution < 1.29 is 9.20 Å². The summed E-state index contributed by atoms with van der Waals surface area (Å²) < 4.78 is 6.02. The first-order valence-electron chi connectivity index (χ1n) is 4.97. The van der Waals surface area contributed by atoms with E-state index in [1.54, 1.807) is 36.4 Å². The van der Waals surface area contributed by atoms with Gasteiger partial charge in [-0.15, -0.1) is 0 Å². The van der Waals surface area contributed by atoms with Crippen LogP contribution in [0.5, 0.6) is 0 Å². The van der Waals surface area contributed by atoms with Crippen molar-refractivity contribution >= 4 is 6.08 Å². The lowest BCUT2D eigenvalue weighted by Gasteiger charge is -1.89. The van der Waals surface area contributed by atoms with E-state index in [1.165, 1.54) is 10.8 Å². The van der Waals surface area contributed by atoms with E-state index < -0.39 is 5.63 Å². The third-order valence-corrected chi connectivity index (χ3v) is 2.22. The Balaban J connectivity index is 2.61. The SMILES string of the molecule is N#CC(C#N)=Cc1c(=O)o[nH][n+]1-c1ccccc1. The monoisotopic (exact) mass is 239 g/mol. The van der Waals surface area contributed by atoms with Crippen LogP contribution in [0.2, 0.25) is 0 Å². The second kappa shape index (κ2) is 4.81. The van der Waals surface area contributed by atoms with Crippen LogP contribution < -0.4 is 10.3 Å². The van der Waals surface area contributed by atoms with Crippen LogP contribution in [0, 0.1) is 22.7 Å². The maximum atomic E-state index is 11.5. The summed E-state index contributed by atoms with van der Waals surface area (Å²) in [6.07, 6.45) is 1.18. The van der Waals surface area contributed by atoms with Crippen LogP contribution in [0.25, 0.3) is 11.8 Å². The zero-order chi connectivity index (χ0) is 13.0. The van der Waals surface area contributed by atoms with Gasteiger partial charge in [0.05, 0.1) is 0 Å². The van der Waals surface area contributed by atoms with Crippen LogP contribution in [-0.2, 0) is 0 Å². The molecular weight excluding hydrogens is 232 g/mol. The number of aromatic amines is 1. The van der Waals surface area contributed by atoms with Gasteiger partial charge in [0.15, 0.2) is 0 Å². The maximum absolute atomic E-state index is 11.5. The third-order valence-electron chi connectivity index (χ3n) is 2.22. The van der Waals surface area contributed by atoms with Gasteiger partial charge in [0, 0.05) is 18.2 Å². The average Bonchev–Trinajstić information content (AvgIpc) is 2.78. The number of allylic oxidation sites excluding steroid dienone is 1. The molecule has 0 spiro atoms. The van der Waals surface area contributed by atoms with E-state index in [1.807, 2.05) is 6.07 Å². The van der Waals surface area contributed by atoms with E-state index in [0.29, 0.717) is 5.69 Å². The van der Waals surface area contributed by atoms with Crippen LogP contribution in [0.1, 0.15) is 5.69 Å². The number of nitrogens with zero attached hydrogens (tertiary/aromatic N) is 3. The number of hydrogen-bond acceptors (Lipinski definition) is 4. The molecule has 0 saturated carbocycles. The zero-order valence-electron chi connectivity index (χ0n) is 9.12. The van der Waals surface area contributed by atoms with Crippen molar-refractivity contribution in [1.29, 1.82) is 10.5 Å². The summed E-state index contributed by atoms with van der Waals surface area (Å²) in [6, 6.07) is 12.3. The van der Waals surface area contributed by atoms with Crippen molar-refractivity contribution in [2.45, 2.75) is 0 Å². The van der Waals surface area contributed by atoms with E-state index in [0.717, 1.165) is 0 Å². The molecule has 0 saturated heterocycles. The number of nitriles is 2. The molecule has 0 fully saturated rings. The molecule has 0 amide bonds. The molecule has 0 bridgehead atoms. The van der Waals surface area contributed by atoms with Crippen molar-refractivity contribution in [3.05, 3.63) is 52.0 Å². The molecule has 0 aliphatic rings. The number of aromatic nitrogens is 2. The van der Waals surface area contributed by atoms with Gasteiger partial charge >= 0.3 is 11.3 Å². The van der Waals surface area contributed by atoms with Gasteiger partial charge in [-0.2, -0.15) is 10.5 Å². The average molecular weight is 239 g/mol. The molecule has 0 unspecified atom stereocenters. The maximum Gasteiger partial charge on any atom is 0.435 e. The molecular formula is C12H7N4O2+. The second-order valence-electron chi connectivity index (χ2n) is 3.32. The third kappa shape index (κ3) is 2.04. The highest BCUT2D eigenvalue weighted by Crippen LogP contribution is 2.01. The molecule has 0 aliphatic carbocycles. The van der Waals surface area contributed by atoms with Crippen LogP contribution >= 0.6 is 0 Å². The number of H-pyrrole nitrogens is 1. The van der Waals surface area contributed by atoms with Crippen molar-refractivity contribution in [3.63, 3.8) is 0 Å². The van der Waals surface area contributed by atoms with Crippen LogP contribution in [-0.4, -0.2) is 5.27 Å². The molecule has 1 heterocycles. The minimum absolute atomic E-state index is 0.0827. The molecule has 1 N–H and O–H groups in total. The highest BCUT2D eigenvalue weighted by atomic mass is 16.5. The fourth-order valence-electron chi connectivity index (χ4n) is 1.40. The Hall–Kier alpha value is -3.12. The van der Waals surface area contributed by atoms with E-state index >= 15 is 0 Å². The molecule has 2 rings (SSSR count). The fraction of sp³-hybridized carbons (Fsp3) is 0. The topological polar surface area (TPSA) is 97.5 Å². The van der Waals surface area contributed by atoms with Gasteiger partial charge in [-0.3, -0.25) is 4.52 Å². The molecule has 86 valence electrons. The normalized spacial score (nSPS) is 9.22. The Kier molecular flexibility index (Phi) is 3.04. The summed E-state index contributed by atoms with van der Waals surface area (Å²) in [5.74, 6) is 0. The second-order valence-corrected chi connectivity index (χ2v) is 3.32. The molecule has 6 nitrogen and oxygen atoms in total. The van der Waals surface area contributed by atoms with Gasteiger partial charge < -0.3 is 0 Å². The Labute approximate surface area is 102 Å². The highest BCUT2D eigenvalue weighted by Gasteiger charge is 2.21. The van der Waals surface area contributed by atoms with Crippen LogP contribution in [0.4, 0.5) is 0 Å². The molecule has 6 heteroatoms. The molecule has 18 heavy (non-hydrogen) atoms. The van der Waals surface area contributed by atoms with Gasteiger partial charge in [-0.1, -0.05) is 18.2 Å². The Bertz CT molecular complexity index is 710. The number of benzene rings is 1. The number of nitrogens with one attached hydrogen (secondary N) is 1. The lowest BCUT2D eigenvalue weighted by atomic mass is 10.2. The first-order chi connectivity index (χ1) is 8.76. The summed E-state index contributed by atoms with van der Waals surface area (Å²) >= 11 is 0. The van der Waals surface area contributed by atoms with E-state index in [2.05, 4.69) is 9.79 Å². The molecule has 2 aromatic rings.